The SMILES string of the molecule is Cc1nc2ncn(-c3ccc([N+](=O)[O-])cc3)c2c(=O)[nH]1. The Hall–Kier alpha value is -3.03. The number of aryl methyl sites for hydroxylation is 1. The first-order valence-electron chi connectivity index (χ1n) is 5.75. The molecule has 0 saturated heterocycles. The first kappa shape index (κ1) is 12.0. The number of H-pyrrole nitrogens is 1. The molecule has 20 heavy (non-hydrogen) atoms. The van der Waals surface area contributed by atoms with Gasteiger partial charge in [0.1, 0.15) is 12.2 Å². The van der Waals surface area contributed by atoms with E-state index in [-0.39, 0.29) is 11.2 Å². The predicted octanol–water partition coefficient (Wildman–Crippen LogP) is 1.33. The quantitative estimate of drug-likeness (QED) is 0.558. The van der Waals surface area contributed by atoms with Crippen LogP contribution in [0.1, 0.15) is 5.82 Å². The number of nitro benzene ring substituents is 1. The maximum atomic E-state index is 12.0. The zero-order chi connectivity index (χ0) is 14.3. The number of hydrogen-bond acceptors (Lipinski definition) is 5. The van der Waals surface area contributed by atoms with Crippen molar-refractivity contribution in [3.8, 4) is 5.69 Å². The number of imidazole rings is 1. The van der Waals surface area contributed by atoms with Gasteiger partial charge in [0.2, 0.25) is 0 Å². The molecule has 0 bridgehead atoms. The molecule has 0 fully saturated rings. The Morgan fingerprint density at radius 2 is 2.00 bits per heavy atom. The van der Waals surface area contributed by atoms with Crippen LogP contribution < -0.4 is 5.56 Å². The maximum Gasteiger partial charge on any atom is 0.277 e. The average molecular weight is 271 g/mol. The van der Waals surface area contributed by atoms with Gasteiger partial charge < -0.3 is 4.98 Å². The van der Waals surface area contributed by atoms with Crippen LogP contribution in [0.2, 0.25) is 0 Å². The number of rotatable bonds is 2. The molecule has 0 aliphatic carbocycles. The second-order valence-electron chi connectivity index (χ2n) is 4.21. The largest absolute Gasteiger partial charge is 0.309 e. The zero-order valence-electron chi connectivity index (χ0n) is 10.4. The van der Waals surface area contributed by atoms with Gasteiger partial charge in [-0.15, -0.1) is 0 Å². The number of non-ortho nitro benzene ring substituents is 1. The number of nitro groups is 1. The summed E-state index contributed by atoms with van der Waals surface area (Å²) in [6.07, 6.45) is 1.47. The van der Waals surface area contributed by atoms with E-state index in [2.05, 4.69) is 15.0 Å². The molecule has 2 aromatic heterocycles. The predicted molar refractivity (Wildman–Crippen MR) is 70.9 cm³/mol. The Labute approximate surface area is 111 Å². The van der Waals surface area contributed by atoms with Crippen LogP contribution in [0.5, 0.6) is 0 Å². The van der Waals surface area contributed by atoms with Gasteiger partial charge in [-0.1, -0.05) is 0 Å². The maximum absolute atomic E-state index is 12.0. The lowest BCUT2D eigenvalue weighted by atomic mass is 10.3. The summed E-state index contributed by atoms with van der Waals surface area (Å²) >= 11 is 0. The summed E-state index contributed by atoms with van der Waals surface area (Å²) in [5.41, 5.74) is 0.938. The van der Waals surface area contributed by atoms with Crippen LogP contribution in [0.4, 0.5) is 5.69 Å². The number of hydrogen-bond donors (Lipinski definition) is 1. The summed E-state index contributed by atoms with van der Waals surface area (Å²) < 4.78 is 1.55. The van der Waals surface area contributed by atoms with Gasteiger partial charge in [-0.05, 0) is 19.1 Å². The molecule has 2 heterocycles. The van der Waals surface area contributed by atoms with E-state index in [0.29, 0.717) is 22.7 Å². The summed E-state index contributed by atoms with van der Waals surface area (Å²) in [6.45, 7) is 1.67. The van der Waals surface area contributed by atoms with Gasteiger partial charge in [0.15, 0.2) is 11.2 Å². The van der Waals surface area contributed by atoms with E-state index < -0.39 is 4.92 Å². The Morgan fingerprint density at radius 3 is 2.65 bits per heavy atom. The Balaban J connectivity index is 2.20. The normalized spacial score (nSPS) is 10.8. The van der Waals surface area contributed by atoms with E-state index >= 15 is 0 Å². The molecular formula is C12H9N5O3. The molecule has 0 radical (unpaired) electrons. The summed E-state index contributed by atoms with van der Waals surface area (Å²) in [7, 11) is 0. The van der Waals surface area contributed by atoms with Gasteiger partial charge in [-0.25, -0.2) is 9.97 Å². The molecule has 1 aromatic carbocycles. The minimum atomic E-state index is -0.479. The van der Waals surface area contributed by atoms with Crippen LogP contribution in [0.25, 0.3) is 16.9 Å². The first-order valence-corrected chi connectivity index (χ1v) is 5.75. The molecule has 0 aliphatic heterocycles. The molecular weight excluding hydrogens is 262 g/mol. The number of benzene rings is 1. The number of fused-ring (bicyclic) bond motifs is 1. The van der Waals surface area contributed by atoms with Crippen LogP contribution in [0, 0.1) is 17.0 Å². The van der Waals surface area contributed by atoms with E-state index in [4.69, 9.17) is 0 Å². The summed E-state index contributed by atoms with van der Waals surface area (Å²) in [4.78, 5) is 32.9. The smallest absolute Gasteiger partial charge is 0.277 e. The lowest BCUT2D eigenvalue weighted by molar-refractivity contribution is -0.384. The van der Waals surface area contributed by atoms with Crippen molar-refractivity contribution in [3.63, 3.8) is 0 Å². The van der Waals surface area contributed by atoms with Gasteiger partial charge in [-0.3, -0.25) is 19.5 Å². The van der Waals surface area contributed by atoms with Crippen LogP contribution in [0.3, 0.4) is 0 Å². The van der Waals surface area contributed by atoms with Crippen LogP contribution >= 0.6 is 0 Å². The van der Waals surface area contributed by atoms with Crippen molar-refractivity contribution in [2.24, 2.45) is 0 Å². The summed E-state index contributed by atoms with van der Waals surface area (Å²) in [6, 6.07) is 5.85. The molecule has 0 aliphatic rings. The summed E-state index contributed by atoms with van der Waals surface area (Å²) in [5.74, 6) is 0.483. The molecule has 3 rings (SSSR count). The minimum absolute atomic E-state index is 0.0129. The second-order valence-corrected chi connectivity index (χ2v) is 4.21. The fourth-order valence-corrected chi connectivity index (χ4v) is 1.97. The van der Waals surface area contributed by atoms with Crippen LogP contribution in [-0.4, -0.2) is 24.4 Å². The Bertz CT molecular complexity index is 863. The van der Waals surface area contributed by atoms with Gasteiger partial charge >= 0.3 is 0 Å². The Morgan fingerprint density at radius 1 is 1.30 bits per heavy atom. The number of aromatic amines is 1. The number of aromatic nitrogens is 4. The van der Waals surface area contributed by atoms with Gasteiger partial charge in [0.05, 0.1) is 4.92 Å². The number of nitrogens with one attached hydrogen (secondary N) is 1. The van der Waals surface area contributed by atoms with E-state index in [1.807, 2.05) is 0 Å². The lowest BCUT2D eigenvalue weighted by Gasteiger charge is -2.03. The first-order chi connectivity index (χ1) is 9.56. The third-order valence-corrected chi connectivity index (χ3v) is 2.87. The van der Waals surface area contributed by atoms with Crippen LogP contribution in [0.15, 0.2) is 35.4 Å². The molecule has 3 aromatic rings. The van der Waals surface area contributed by atoms with Crippen molar-refractivity contribution in [1.29, 1.82) is 0 Å². The average Bonchev–Trinajstić information content (AvgIpc) is 2.82. The van der Waals surface area contributed by atoms with Crippen molar-refractivity contribution in [2.45, 2.75) is 6.92 Å². The zero-order valence-corrected chi connectivity index (χ0v) is 10.4. The van der Waals surface area contributed by atoms with Gasteiger partial charge in [-0.2, -0.15) is 0 Å². The molecule has 0 spiro atoms. The summed E-state index contributed by atoms with van der Waals surface area (Å²) in [5, 5.41) is 10.6. The highest BCUT2D eigenvalue weighted by Gasteiger charge is 2.11. The van der Waals surface area contributed by atoms with E-state index in [9.17, 15) is 14.9 Å². The molecule has 8 heteroatoms. The van der Waals surface area contributed by atoms with Crippen molar-refractivity contribution < 1.29 is 4.92 Å². The highest BCUT2D eigenvalue weighted by Crippen LogP contribution is 2.17. The highest BCUT2D eigenvalue weighted by atomic mass is 16.6. The molecule has 0 unspecified atom stereocenters. The molecule has 0 amide bonds. The highest BCUT2D eigenvalue weighted by molar-refractivity contribution is 5.72. The minimum Gasteiger partial charge on any atom is -0.309 e. The molecule has 0 atom stereocenters. The van der Waals surface area contributed by atoms with Crippen molar-refractivity contribution in [3.05, 3.63) is 56.9 Å². The standard InChI is InChI=1S/C12H9N5O3/c1-7-14-11-10(12(18)15-7)16(6-13-11)8-2-4-9(5-3-8)17(19)20/h2-6H,1H3,(H,14,15,18). The van der Waals surface area contributed by atoms with Crippen molar-refractivity contribution >= 4 is 16.9 Å². The van der Waals surface area contributed by atoms with Crippen molar-refractivity contribution in [1.82, 2.24) is 19.5 Å². The molecule has 100 valence electrons. The van der Waals surface area contributed by atoms with E-state index in [1.165, 1.54) is 18.5 Å². The second kappa shape index (κ2) is 4.26. The Kier molecular flexibility index (Phi) is 2.56. The third kappa shape index (κ3) is 1.83. The fourth-order valence-electron chi connectivity index (χ4n) is 1.97. The third-order valence-electron chi connectivity index (χ3n) is 2.87. The molecule has 0 saturated carbocycles. The lowest BCUT2D eigenvalue weighted by Crippen LogP contribution is -2.12. The van der Waals surface area contributed by atoms with E-state index in [0.717, 1.165) is 0 Å². The van der Waals surface area contributed by atoms with Gasteiger partial charge in [0, 0.05) is 17.8 Å². The monoisotopic (exact) mass is 271 g/mol. The fraction of sp³-hybridized carbons (Fsp3) is 0.0833. The molecule has 8 nitrogen and oxygen atoms in total. The molecule has 1 N–H and O–H groups in total. The van der Waals surface area contributed by atoms with E-state index in [1.54, 1.807) is 23.6 Å². The van der Waals surface area contributed by atoms with Gasteiger partial charge in [0.25, 0.3) is 11.2 Å². The van der Waals surface area contributed by atoms with Crippen LogP contribution in [-0.2, 0) is 0 Å². The topological polar surface area (TPSA) is 107 Å². The number of nitrogens with zero attached hydrogens (tertiary/aromatic N) is 4. The van der Waals surface area contributed by atoms with Crippen molar-refractivity contribution in [2.75, 3.05) is 0 Å².